The second-order valence-electron chi connectivity index (χ2n) is 5.04. The normalized spacial score (nSPS) is 10.6. The van der Waals surface area contributed by atoms with Crippen LogP contribution in [-0.4, -0.2) is 37.7 Å². The number of imidazole rings is 1. The lowest BCUT2D eigenvalue weighted by Gasteiger charge is -2.10. The fourth-order valence-electron chi connectivity index (χ4n) is 1.68. The summed E-state index contributed by atoms with van der Waals surface area (Å²) in [6.07, 6.45) is 3.24. The van der Waals surface area contributed by atoms with Gasteiger partial charge in [0.25, 0.3) is 11.9 Å². The van der Waals surface area contributed by atoms with E-state index in [1.165, 1.54) is 0 Å². The summed E-state index contributed by atoms with van der Waals surface area (Å²) in [5, 5.41) is 14.8. The Morgan fingerprint density at radius 3 is 2.24 bits per heavy atom. The van der Waals surface area contributed by atoms with Gasteiger partial charge >= 0.3 is 0 Å². The Morgan fingerprint density at radius 1 is 1.24 bits per heavy atom. The molecule has 0 amide bonds. The van der Waals surface area contributed by atoms with E-state index < -0.39 is 23.6 Å². The summed E-state index contributed by atoms with van der Waals surface area (Å²) < 4.78 is 28.4. The van der Waals surface area contributed by atoms with E-state index in [2.05, 4.69) is 4.98 Å². The topological polar surface area (TPSA) is 118 Å². The maximum absolute atomic E-state index is 13.6. The van der Waals surface area contributed by atoms with Gasteiger partial charge in [-0.3, -0.25) is 9.59 Å². The first kappa shape index (κ1) is 22.2. The van der Waals surface area contributed by atoms with Crippen molar-refractivity contribution in [2.45, 2.75) is 33.4 Å². The highest BCUT2D eigenvalue weighted by molar-refractivity contribution is 5.63. The number of hydrogen-bond acceptors (Lipinski definition) is 4. The van der Waals surface area contributed by atoms with Crippen molar-refractivity contribution in [1.82, 2.24) is 9.55 Å². The Morgan fingerprint density at radius 2 is 1.76 bits per heavy atom. The minimum atomic E-state index is -0.833. The van der Waals surface area contributed by atoms with Gasteiger partial charge in [-0.1, -0.05) is 0 Å². The minimum absolute atomic E-state index is 0.0837. The first-order valence-corrected chi connectivity index (χ1v) is 7.15. The van der Waals surface area contributed by atoms with E-state index in [1.807, 2.05) is 6.92 Å². The van der Waals surface area contributed by atoms with Crippen molar-refractivity contribution in [3.63, 3.8) is 0 Å². The fourth-order valence-corrected chi connectivity index (χ4v) is 1.68. The SMILES string of the molecule is CC(=O)O.CC(=O)O.C[C@H](N)Cn1ccnc1-c1cc(F)ccc1F. The summed E-state index contributed by atoms with van der Waals surface area (Å²) in [4.78, 5) is 22.0. The smallest absolute Gasteiger partial charge is 0.300 e. The number of carboxylic acid groups (broad SMARTS) is 2. The number of aromatic nitrogens is 2. The third-order valence-corrected chi connectivity index (χ3v) is 2.37. The molecule has 0 unspecified atom stereocenters. The van der Waals surface area contributed by atoms with E-state index in [-0.39, 0.29) is 11.6 Å². The summed E-state index contributed by atoms with van der Waals surface area (Å²) in [7, 11) is 0. The molecule has 0 saturated carbocycles. The number of nitrogens with zero attached hydrogens (tertiary/aromatic N) is 2. The molecule has 1 aromatic carbocycles. The highest BCUT2D eigenvalue weighted by Gasteiger charge is 2.12. The first-order chi connectivity index (χ1) is 11.5. The molecular weight excluding hydrogens is 336 g/mol. The second kappa shape index (κ2) is 10.9. The summed E-state index contributed by atoms with van der Waals surface area (Å²) >= 11 is 0. The minimum Gasteiger partial charge on any atom is -0.481 e. The van der Waals surface area contributed by atoms with Gasteiger partial charge in [0.1, 0.15) is 17.5 Å². The molecule has 25 heavy (non-hydrogen) atoms. The molecule has 0 aliphatic rings. The van der Waals surface area contributed by atoms with Gasteiger partial charge in [-0.15, -0.1) is 0 Å². The fraction of sp³-hybridized carbons (Fsp3) is 0.312. The third-order valence-electron chi connectivity index (χ3n) is 2.37. The molecule has 9 heteroatoms. The highest BCUT2D eigenvalue weighted by Crippen LogP contribution is 2.22. The zero-order chi connectivity index (χ0) is 19.6. The van der Waals surface area contributed by atoms with Gasteiger partial charge in [0, 0.05) is 38.8 Å². The molecular formula is C16H21F2N3O4. The molecule has 0 fully saturated rings. The average molecular weight is 357 g/mol. The quantitative estimate of drug-likeness (QED) is 0.776. The standard InChI is InChI=1S/C12H13F2N3.2C2H4O2/c1-8(15)7-17-5-4-16-12(17)10-6-9(13)2-3-11(10)14;2*1-2(3)4/h2-6,8H,7,15H2,1H3;2*1H3,(H,3,4)/t8-;;/m0../s1. The summed E-state index contributed by atoms with van der Waals surface area (Å²) in [6, 6.07) is 3.22. The van der Waals surface area contributed by atoms with E-state index in [0.717, 1.165) is 32.0 Å². The number of carboxylic acids is 2. The highest BCUT2D eigenvalue weighted by atomic mass is 19.1. The van der Waals surface area contributed by atoms with Gasteiger partial charge in [0.05, 0.1) is 5.56 Å². The summed E-state index contributed by atoms with van der Waals surface area (Å²) in [6.45, 7) is 4.51. The lowest BCUT2D eigenvalue weighted by atomic mass is 10.2. The Hall–Kier alpha value is -2.81. The van der Waals surface area contributed by atoms with Crippen LogP contribution >= 0.6 is 0 Å². The molecule has 1 heterocycles. The van der Waals surface area contributed by atoms with Crippen LogP contribution in [0, 0.1) is 11.6 Å². The zero-order valence-electron chi connectivity index (χ0n) is 14.1. The van der Waals surface area contributed by atoms with Gasteiger partial charge in [-0.05, 0) is 25.1 Å². The van der Waals surface area contributed by atoms with Crippen LogP contribution in [0.15, 0.2) is 30.6 Å². The van der Waals surface area contributed by atoms with E-state index in [4.69, 9.17) is 25.5 Å². The van der Waals surface area contributed by atoms with Crippen LogP contribution in [0.1, 0.15) is 20.8 Å². The number of hydrogen-bond donors (Lipinski definition) is 3. The molecule has 0 bridgehead atoms. The van der Waals surface area contributed by atoms with E-state index in [1.54, 1.807) is 17.0 Å². The molecule has 2 rings (SSSR count). The summed E-state index contributed by atoms with van der Waals surface area (Å²) in [5.41, 5.74) is 5.83. The maximum atomic E-state index is 13.6. The molecule has 2 aromatic rings. The van der Waals surface area contributed by atoms with Crippen LogP contribution in [0.4, 0.5) is 8.78 Å². The van der Waals surface area contributed by atoms with Crippen LogP contribution < -0.4 is 5.73 Å². The van der Waals surface area contributed by atoms with Crippen LogP contribution in [-0.2, 0) is 16.1 Å². The average Bonchev–Trinajstić information content (AvgIpc) is 2.87. The number of carbonyl (C=O) groups is 2. The Kier molecular flexibility index (Phi) is 9.65. The Labute approximate surface area is 143 Å². The predicted octanol–water partition coefficient (Wildman–Crippen LogP) is 2.36. The third kappa shape index (κ3) is 9.82. The predicted molar refractivity (Wildman–Crippen MR) is 87.8 cm³/mol. The Bertz CT molecular complexity index is 682. The van der Waals surface area contributed by atoms with Gasteiger partial charge in [0.15, 0.2) is 0 Å². The monoisotopic (exact) mass is 357 g/mol. The van der Waals surface area contributed by atoms with Crippen molar-refractivity contribution in [2.75, 3.05) is 0 Å². The largest absolute Gasteiger partial charge is 0.481 e. The lowest BCUT2D eigenvalue weighted by Crippen LogP contribution is -2.22. The van der Waals surface area contributed by atoms with Crippen molar-refractivity contribution in [3.8, 4) is 11.4 Å². The second-order valence-corrected chi connectivity index (χ2v) is 5.04. The van der Waals surface area contributed by atoms with Crippen LogP contribution in [0.3, 0.4) is 0 Å². The van der Waals surface area contributed by atoms with Crippen LogP contribution in [0.25, 0.3) is 11.4 Å². The molecule has 0 aliphatic carbocycles. The first-order valence-electron chi connectivity index (χ1n) is 7.15. The molecule has 0 spiro atoms. The maximum Gasteiger partial charge on any atom is 0.300 e. The lowest BCUT2D eigenvalue weighted by molar-refractivity contribution is -0.135. The van der Waals surface area contributed by atoms with E-state index >= 15 is 0 Å². The number of nitrogens with two attached hydrogens (primary N) is 1. The number of rotatable bonds is 3. The molecule has 0 radical (unpaired) electrons. The molecule has 0 aliphatic heterocycles. The Balaban J connectivity index is 0.000000609. The number of halogens is 2. The molecule has 1 aromatic heterocycles. The number of benzene rings is 1. The van der Waals surface area contributed by atoms with E-state index in [9.17, 15) is 8.78 Å². The molecule has 4 N–H and O–H groups in total. The van der Waals surface area contributed by atoms with Crippen molar-refractivity contribution < 1.29 is 28.6 Å². The van der Waals surface area contributed by atoms with Crippen molar-refractivity contribution >= 4 is 11.9 Å². The van der Waals surface area contributed by atoms with Crippen LogP contribution in [0.5, 0.6) is 0 Å². The molecule has 1 atom stereocenters. The molecule has 138 valence electrons. The molecule has 7 nitrogen and oxygen atoms in total. The van der Waals surface area contributed by atoms with E-state index in [0.29, 0.717) is 12.4 Å². The molecule has 0 saturated heterocycles. The zero-order valence-corrected chi connectivity index (χ0v) is 14.1. The van der Waals surface area contributed by atoms with Crippen molar-refractivity contribution in [1.29, 1.82) is 0 Å². The van der Waals surface area contributed by atoms with Gasteiger partial charge in [0.2, 0.25) is 0 Å². The van der Waals surface area contributed by atoms with Gasteiger partial charge < -0.3 is 20.5 Å². The number of aliphatic carboxylic acids is 2. The van der Waals surface area contributed by atoms with Gasteiger partial charge in [-0.2, -0.15) is 0 Å². The van der Waals surface area contributed by atoms with Crippen molar-refractivity contribution in [2.24, 2.45) is 5.73 Å². The van der Waals surface area contributed by atoms with Crippen molar-refractivity contribution in [3.05, 3.63) is 42.2 Å². The van der Waals surface area contributed by atoms with Crippen LogP contribution in [0.2, 0.25) is 0 Å². The van der Waals surface area contributed by atoms with Gasteiger partial charge in [-0.25, -0.2) is 13.8 Å². The summed E-state index contributed by atoms with van der Waals surface area (Å²) in [5.74, 6) is -2.26.